The van der Waals surface area contributed by atoms with Gasteiger partial charge in [-0.3, -0.25) is 14.5 Å². The van der Waals surface area contributed by atoms with E-state index in [0.29, 0.717) is 72.4 Å². The molecule has 7 rings (SSSR count). The Bertz CT molecular complexity index is 2120. The molecule has 63 heavy (non-hydrogen) atoms. The van der Waals surface area contributed by atoms with Crippen LogP contribution in [0.5, 0.6) is 11.5 Å². The summed E-state index contributed by atoms with van der Waals surface area (Å²) in [6, 6.07) is 5.51. The van der Waals surface area contributed by atoms with Crippen LogP contribution in [0.4, 0.5) is 9.93 Å². The Hall–Kier alpha value is -4.74. The molecule has 0 unspecified atom stereocenters. The second kappa shape index (κ2) is 19.6. The molecule has 2 aliphatic carbocycles. The number of carbonyl (C=O) groups is 4. The molecule has 344 valence electrons. The van der Waals surface area contributed by atoms with Crippen LogP contribution in [0.2, 0.25) is 0 Å². The fraction of sp³-hybridized carbons (Fsp3) is 0.652. The van der Waals surface area contributed by atoms with Crippen molar-refractivity contribution in [3.05, 3.63) is 29.6 Å². The Morgan fingerprint density at radius 3 is 2.46 bits per heavy atom. The lowest BCUT2D eigenvalue weighted by atomic mass is 9.85. The smallest absolute Gasteiger partial charge is 0.408 e. The van der Waals surface area contributed by atoms with Crippen molar-refractivity contribution in [2.24, 2.45) is 17.3 Å². The first kappa shape index (κ1) is 46.3. The molecular formula is C46H65N7O9S. The maximum atomic E-state index is 14.8. The third-order valence-electron chi connectivity index (χ3n) is 12.9. The van der Waals surface area contributed by atoms with Gasteiger partial charge in [-0.05, 0) is 68.9 Å². The number of thiazole rings is 1. The van der Waals surface area contributed by atoms with Gasteiger partial charge < -0.3 is 44.9 Å². The first-order chi connectivity index (χ1) is 30.1. The number of likely N-dealkylation sites (tertiary alicyclic amines) is 1. The topological polar surface area (TPSA) is 194 Å². The molecule has 1 aromatic carbocycles. The van der Waals surface area contributed by atoms with E-state index in [2.05, 4.69) is 27.8 Å². The van der Waals surface area contributed by atoms with Crippen LogP contribution in [0, 0.1) is 17.3 Å². The summed E-state index contributed by atoms with van der Waals surface area (Å²) in [5.41, 5.74) is -0.349. The lowest BCUT2D eigenvalue weighted by Gasteiger charge is -2.35. The number of carbonyl (C=O) groups excluding carboxylic acids is 3. The summed E-state index contributed by atoms with van der Waals surface area (Å²) < 4.78 is 24.4. The van der Waals surface area contributed by atoms with E-state index in [0.717, 1.165) is 50.4 Å². The highest BCUT2D eigenvalue weighted by Gasteiger charge is 2.61. The lowest BCUT2D eigenvalue weighted by molar-refractivity contribution is -0.146. The zero-order valence-electron chi connectivity index (χ0n) is 37.7. The number of nitrogens with one attached hydrogen (secondary N) is 3. The predicted octanol–water partition coefficient (Wildman–Crippen LogP) is 6.33. The number of benzene rings is 1. The number of morpholine rings is 1. The molecule has 4 heterocycles. The molecule has 2 aliphatic heterocycles. The van der Waals surface area contributed by atoms with Gasteiger partial charge in [0.2, 0.25) is 11.8 Å². The number of amides is 3. The number of pyridine rings is 1. The minimum Gasteiger partial charge on any atom is -0.492 e. The third kappa shape index (κ3) is 11.0. The minimum absolute atomic E-state index is 0.000643. The number of aliphatic carboxylic acids is 1. The van der Waals surface area contributed by atoms with Crippen molar-refractivity contribution >= 4 is 51.2 Å². The Balaban J connectivity index is 1.17. The normalized spacial score (nSPS) is 25.5. The first-order valence-electron chi connectivity index (χ1n) is 22.7. The van der Waals surface area contributed by atoms with Gasteiger partial charge in [0.25, 0.3) is 0 Å². The Labute approximate surface area is 374 Å². The standard InChI is InChI=1S/C46H65N7O9S/c1-8-28-10-11-31(20-28)62-44(58)50-39(45(5,6)7)41(55)53-25-32(22-37(53)40(54)51-46(42(56)57)24-29(46)9-2)61-38-23-35(36-26-63-43(49-36)47-27(3)4)48-34-21-30(12-13-33(34)38)60-19-16-52-14-17-59-18-15-52/h12-13,21,23,26-29,31-32,37,39H,8-11,14-20,22,24-25H2,1-7H3,(H,47,49)(H,50,58)(H,51,54)(H,56,57)/t28-,29-,31+,32-,37+,39-,46-/m1/s1. The second-order valence-electron chi connectivity index (χ2n) is 18.9. The quantitative estimate of drug-likeness (QED) is 0.118. The highest BCUT2D eigenvalue weighted by atomic mass is 32.1. The van der Waals surface area contributed by atoms with Gasteiger partial charge >= 0.3 is 12.1 Å². The number of hydrogen-bond donors (Lipinski definition) is 4. The number of aromatic nitrogens is 2. The number of rotatable bonds is 17. The number of fused-ring (bicyclic) bond motifs is 1. The van der Waals surface area contributed by atoms with Crippen LogP contribution in [-0.2, 0) is 23.9 Å². The van der Waals surface area contributed by atoms with Crippen LogP contribution in [-0.4, -0.2) is 131 Å². The highest BCUT2D eigenvalue weighted by Crippen LogP contribution is 2.46. The summed E-state index contributed by atoms with van der Waals surface area (Å²) in [7, 11) is 0. The van der Waals surface area contributed by atoms with Gasteiger partial charge in [-0.25, -0.2) is 19.6 Å². The third-order valence-corrected chi connectivity index (χ3v) is 13.7. The maximum absolute atomic E-state index is 14.8. The summed E-state index contributed by atoms with van der Waals surface area (Å²) in [5.74, 6) is -0.771. The van der Waals surface area contributed by atoms with Crippen molar-refractivity contribution in [1.82, 2.24) is 30.4 Å². The van der Waals surface area contributed by atoms with E-state index in [-0.39, 0.29) is 31.0 Å². The summed E-state index contributed by atoms with van der Waals surface area (Å²) in [6.07, 6.45) is 2.90. The Kier molecular flexibility index (Phi) is 14.4. The highest BCUT2D eigenvalue weighted by molar-refractivity contribution is 7.14. The molecule has 0 spiro atoms. The number of carboxylic acids is 1. The molecular weight excluding hydrogens is 827 g/mol. The van der Waals surface area contributed by atoms with Gasteiger partial charge in [0.05, 0.1) is 31.0 Å². The molecule has 2 aromatic heterocycles. The van der Waals surface area contributed by atoms with Gasteiger partial charge in [-0.1, -0.05) is 47.5 Å². The van der Waals surface area contributed by atoms with Gasteiger partial charge in [-0.2, -0.15) is 0 Å². The molecule has 2 saturated carbocycles. The van der Waals surface area contributed by atoms with Crippen LogP contribution in [0.15, 0.2) is 29.6 Å². The molecule has 7 atom stereocenters. The van der Waals surface area contributed by atoms with Gasteiger partial charge in [0, 0.05) is 55.0 Å². The number of alkyl carbamates (subject to hydrolysis) is 1. The SMILES string of the molecule is CC[C@@H]1CC[C@H](OC(=O)N[C@H](C(=O)N2C[C@H](Oc3cc(-c4csc(NC(C)C)n4)nc4cc(OCCN5CCOCC5)ccc34)C[C@H]2C(=O)N[C@]2(C(=O)O)C[C@H]2CC)C(C)(C)C)C1. The van der Waals surface area contributed by atoms with E-state index < -0.39 is 53.0 Å². The van der Waals surface area contributed by atoms with Crippen LogP contribution >= 0.6 is 11.3 Å². The average molecular weight is 892 g/mol. The second-order valence-corrected chi connectivity index (χ2v) is 19.8. The number of nitrogens with zero attached hydrogens (tertiary/aromatic N) is 4. The zero-order valence-corrected chi connectivity index (χ0v) is 38.6. The molecule has 4 fully saturated rings. The molecule has 3 amide bonds. The number of ether oxygens (including phenoxy) is 4. The van der Waals surface area contributed by atoms with Crippen molar-refractivity contribution in [2.45, 2.75) is 129 Å². The lowest BCUT2D eigenvalue weighted by Crippen LogP contribution is -2.59. The van der Waals surface area contributed by atoms with Crippen LogP contribution in [0.25, 0.3) is 22.3 Å². The number of hydrogen-bond acceptors (Lipinski definition) is 13. The zero-order chi connectivity index (χ0) is 45.1. The monoisotopic (exact) mass is 891 g/mol. The van der Waals surface area contributed by atoms with Crippen LogP contribution in [0.3, 0.4) is 0 Å². The van der Waals surface area contributed by atoms with Crippen LogP contribution in [0.1, 0.15) is 93.4 Å². The van der Waals surface area contributed by atoms with Crippen LogP contribution < -0.4 is 25.4 Å². The van der Waals surface area contributed by atoms with Crippen molar-refractivity contribution < 1.29 is 43.2 Å². The predicted molar refractivity (Wildman–Crippen MR) is 240 cm³/mol. The van der Waals surface area contributed by atoms with Crippen molar-refractivity contribution in [3.8, 4) is 22.9 Å². The Morgan fingerprint density at radius 2 is 1.79 bits per heavy atom. The molecule has 17 heteroatoms. The van der Waals surface area contributed by atoms with E-state index in [1.807, 2.05) is 71.2 Å². The van der Waals surface area contributed by atoms with E-state index in [9.17, 15) is 24.3 Å². The Morgan fingerprint density at radius 1 is 1.02 bits per heavy atom. The summed E-state index contributed by atoms with van der Waals surface area (Å²) in [4.78, 5) is 68.7. The van der Waals surface area contributed by atoms with E-state index in [4.69, 9.17) is 28.9 Å². The van der Waals surface area contributed by atoms with Gasteiger partial charge in [0.15, 0.2) is 5.13 Å². The van der Waals surface area contributed by atoms with E-state index >= 15 is 0 Å². The molecule has 0 bridgehead atoms. The fourth-order valence-corrected chi connectivity index (χ4v) is 9.94. The average Bonchev–Trinajstić information content (AvgIpc) is 3.59. The molecule has 16 nitrogen and oxygen atoms in total. The molecule has 4 aliphatic rings. The van der Waals surface area contributed by atoms with Gasteiger partial charge in [0.1, 0.15) is 53.6 Å². The molecule has 2 saturated heterocycles. The van der Waals surface area contributed by atoms with E-state index in [1.54, 1.807) is 0 Å². The largest absolute Gasteiger partial charge is 0.492 e. The maximum Gasteiger partial charge on any atom is 0.408 e. The van der Waals surface area contributed by atoms with Crippen molar-refractivity contribution in [2.75, 3.05) is 51.3 Å². The van der Waals surface area contributed by atoms with Gasteiger partial charge in [-0.15, -0.1) is 11.3 Å². The molecule has 3 aromatic rings. The van der Waals surface area contributed by atoms with Crippen molar-refractivity contribution in [3.63, 3.8) is 0 Å². The van der Waals surface area contributed by atoms with E-state index in [1.165, 1.54) is 16.2 Å². The summed E-state index contributed by atoms with van der Waals surface area (Å²) >= 11 is 1.47. The number of anilines is 1. The summed E-state index contributed by atoms with van der Waals surface area (Å²) in [5, 5.41) is 22.7. The summed E-state index contributed by atoms with van der Waals surface area (Å²) in [6.45, 7) is 18.0. The van der Waals surface area contributed by atoms with Crippen molar-refractivity contribution in [1.29, 1.82) is 0 Å². The molecule has 0 radical (unpaired) electrons. The first-order valence-corrected chi connectivity index (χ1v) is 23.5. The number of carboxylic acid groups (broad SMARTS) is 1. The minimum atomic E-state index is -1.41. The molecule has 4 N–H and O–H groups in total. The fourth-order valence-electron chi connectivity index (χ4n) is 9.09.